The number of hydrogen-bond donors (Lipinski definition) is 1. The van der Waals surface area contributed by atoms with E-state index in [0.29, 0.717) is 17.0 Å². The normalized spacial score (nSPS) is 14.4. The van der Waals surface area contributed by atoms with Crippen LogP contribution in [0.4, 0.5) is 11.4 Å². The van der Waals surface area contributed by atoms with Crippen LogP contribution in [-0.2, 0) is 11.2 Å². The van der Waals surface area contributed by atoms with Crippen LogP contribution in [0.2, 0.25) is 5.02 Å². The average molecular weight is 465 g/mol. The quantitative estimate of drug-likeness (QED) is 0.488. The van der Waals surface area contributed by atoms with Crippen LogP contribution >= 0.6 is 11.6 Å². The van der Waals surface area contributed by atoms with Crippen molar-refractivity contribution in [2.45, 2.75) is 39.2 Å². The lowest BCUT2D eigenvalue weighted by molar-refractivity contribution is -0.115. The van der Waals surface area contributed by atoms with Crippen molar-refractivity contribution in [1.29, 1.82) is 0 Å². The maximum atomic E-state index is 12.9. The van der Waals surface area contributed by atoms with E-state index in [1.165, 1.54) is 5.56 Å². The van der Waals surface area contributed by atoms with E-state index in [-0.39, 0.29) is 17.9 Å². The molecule has 0 aromatic heterocycles. The third kappa shape index (κ3) is 6.36. The van der Waals surface area contributed by atoms with Crippen LogP contribution in [0.3, 0.4) is 0 Å². The molecular formula is C27H29ClN2O3. The molecule has 5 nitrogen and oxygen atoms in total. The van der Waals surface area contributed by atoms with Gasteiger partial charge in [-0.15, -0.1) is 0 Å². The van der Waals surface area contributed by atoms with E-state index in [4.69, 9.17) is 16.3 Å². The Balaban J connectivity index is 0.000000218. The van der Waals surface area contributed by atoms with Gasteiger partial charge in [0.05, 0.1) is 7.11 Å². The standard InChI is InChI=1S/C18H19NO2.C9H10ClNO/c1-13-7-8-14-5-3-4-6-17(14)19(13)18(20)15-9-11-16(21-2)12-10-15;1-2-9(12)11-8-5-3-7(10)4-6-8/h3-6,9-13H,7-8H2,1-2H3;3-6H,2H2,1H3,(H,11,12)/t13-;/m0./s1. The zero-order chi connectivity index (χ0) is 23.8. The number of anilines is 2. The largest absolute Gasteiger partial charge is 0.497 e. The number of benzene rings is 3. The van der Waals surface area contributed by atoms with Gasteiger partial charge < -0.3 is 15.0 Å². The first kappa shape index (κ1) is 24.3. The van der Waals surface area contributed by atoms with Crippen LogP contribution in [0.1, 0.15) is 42.6 Å². The lowest BCUT2D eigenvalue weighted by atomic mass is 9.96. The first-order valence-corrected chi connectivity index (χ1v) is 11.4. The Morgan fingerprint density at radius 3 is 2.33 bits per heavy atom. The molecule has 0 fully saturated rings. The van der Waals surface area contributed by atoms with E-state index in [2.05, 4.69) is 18.3 Å². The molecule has 1 N–H and O–H groups in total. The summed E-state index contributed by atoms with van der Waals surface area (Å²) in [5, 5.41) is 3.39. The molecular weight excluding hydrogens is 436 g/mol. The predicted octanol–water partition coefficient (Wildman–Crippen LogP) is 6.37. The summed E-state index contributed by atoms with van der Waals surface area (Å²) in [6, 6.07) is 22.7. The Labute approximate surface area is 200 Å². The number of rotatable bonds is 4. The molecule has 1 atom stereocenters. The molecule has 0 bridgehead atoms. The topological polar surface area (TPSA) is 58.6 Å². The van der Waals surface area contributed by atoms with Gasteiger partial charge in [0.2, 0.25) is 5.91 Å². The summed E-state index contributed by atoms with van der Waals surface area (Å²) < 4.78 is 5.15. The Hall–Kier alpha value is -3.31. The van der Waals surface area contributed by atoms with E-state index in [0.717, 1.165) is 30.0 Å². The number of para-hydroxylation sites is 1. The molecule has 4 rings (SSSR count). The Morgan fingerprint density at radius 1 is 1.03 bits per heavy atom. The fourth-order valence-corrected chi connectivity index (χ4v) is 3.78. The van der Waals surface area contributed by atoms with E-state index < -0.39 is 0 Å². The first-order chi connectivity index (χ1) is 15.9. The third-order valence-electron chi connectivity index (χ3n) is 5.53. The van der Waals surface area contributed by atoms with Gasteiger partial charge in [-0.05, 0) is 79.9 Å². The minimum Gasteiger partial charge on any atom is -0.497 e. The van der Waals surface area contributed by atoms with Gasteiger partial charge in [-0.2, -0.15) is 0 Å². The number of nitrogens with zero attached hydrogens (tertiary/aromatic N) is 1. The fourth-order valence-electron chi connectivity index (χ4n) is 3.65. The van der Waals surface area contributed by atoms with Crippen LogP contribution in [0, 0.1) is 0 Å². The highest BCUT2D eigenvalue weighted by molar-refractivity contribution is 6.30. The molecule has 6 heteroatoms. The number of fused-ring (bicyclic) bond motifs is 1. The number of amides is 2. The van der Waals surface area contributed by atoms with Gasteiger partial charge in [-0.3, -0.25) is 9.59 Å². The van der Waals surface area contributed by atoms with Crippen LogP contribution in [0.25, 0.3) is 0 Å². The summed E-state index contributed by atoms with van der Waals surface area (Å²) in [5.74, 6) is 0.827. The molecule has 2 amide bonds. The molecule has 33 heavy (non-hydrogen) atoms. The van der Waals surface area contributed by atoms with Gasteiger partial charge in [0.25, 0.3) is 5.91 Å². The van der Waals surface area contributed by atoms with Crippen molar-refractivity contribution >= 4 is 34.8 Å². The highest BCUT2D eigenvalue weighted by Gasteiger charge is 2.28. The monoisotopic (exact) mass is 464 g/mol. The van der Waals surface area contributed by atoms with Gasteiger partial charge in [-0.25, -0.2) is 0 Å². The lowest BCUT2D eigenvalue weighted by Gasteiger charge is -2.35. The summed E-state index contributed by atoms with van der Waals surface area (Å²) >= 11 is 5.67. The summed E-state index contributed by atoms with van der Waals surface area (Å²) in [4.78, 5) is 25.7. The molecule has 3 aromatic rings. The number of methoxy groups -OCH3 is 1. The number of aryl methyl sites for hydroxylation is 1. The molecule has 3 aromatic carbocycles. The maximum Gasteiger partial charge on any atom is 0.258 e. The maximum absolute atomic E-state index is 12.9. The summed E-state index contributed by atoms with van der Waals surface area (Å²) in [7, 11) is 1.62. The van der Waals surface area contributed by atoms with Gasteiger partial charge in [0, 0.05) is 34.4 Å². The van der Waals surface area contributed by atoms with Crippen molar-refractivity contribution in [3.05, 3.63) is 88.9 Å². The molecule has 0 aliphatic carbocycles. The Kier molecular flexibility index (Phi) is 8.50. The average Bonchev–Trinajstić information content (AvgIpc) is 2.85. The van der Waals surface area contributed by atoms with Crippen molar-refractivity contribution in [2.24, 2.45) is 0 Å². The second kappa shape index (κ2) is 11.5. The van der Waals surface area contributed by atoms with E-state index in [1.807, 2.05) is 54.3 Å². The first-order valence-electron chi connectivity index (χ1n) is 11.0. The number of halogens is 1. The molecule has 0 radical (unpaired) electrons. The van der Waals surface area contributed by atoms with Gasteiger partial charge in [0.1, 0.15) is 5.75 Å². The molecule has 172 valence electrons. The van der Waals surface area contributed by atoms with Crippen LogP contribution in [-0.4, -0.2) is 25.0 Å². The summed E-state index contributed by atoms with van der Waals surface area (Å²) in [6.07, 6.45) is 2.52. The highest BCUT2D eigenvalue weighted by atomic mass is 35.5. The van der Waals surface area contributed by atoms with Crippen molar-refractivity contribution < 1.29 is 14.3 Å². The van der Waals surface area contributed by atoms with Crippen LogP contribution in [0.15, 0.2) is 72.8 Å². The van der Waals surface area contributed by atoms with Gasteiger partial charge >= 0.3 is 0 Å². The predicted molar refractivity (Wildman–Crippen MR) is 134 cm³/mol. The molecule has 0 saturated heterocycles. The number of carbonyl (C=O) groups excluding carboxylic acids is 2. The molecule has 1 aliphatic heterocycles. The minimum atomic E-state index is 0.0114. The van der Waals surface area contributed by atoms with Crippen molar-refractivity contribution in [1.82, 2.24) is 0 Å². The molecule has 0 unspecified atom stereocenters. The van der Waals surface area contributed by atoms with E-state index in [1.54, 1.807) is 31.4 Å². The molecule has 0 saturated carbocycles. The van der Waals surface area contributed by atoms with Gasteiger partial charge in [0.15, 0.2) is 0 Å². The molecule has 0 spiro atoms. The zero-order valence-corrected chi connectivity index (χ0v) is 19.9. The number of hydrogen-bond acceptors (Lipinski definition) is 3. The molecule has 1 aliphatic rings. The summed E-state index contributed by atoms with van der Waals surface area (Å²) in [6.45, 7) is 3.92. The van der Waals surface area contributed by atoms with Gasteiger partial charge in [-0.1, -0.05) is 36.7 Å². The second-order valence-electron chi connectivity index (χ2n) is 7.83. The van der Waals surface area contributed by atoms with Crippen LogP contribution < -0.4 is 15.0 Å². The van der Waals surface area contributed by atoms with E-state index in [9.17, 15) is 9.59 Å². The molecule has 1 heterocycles. The Morgan fingerprint density at radius 2 is 1.70 bits per heavy atom. The Bertz CT molecular complexity index is 1080. The summed E-state index contributed by atoms with van der Waals surface area (Å²) in [5.41, 5.74) is 3.76. The number of carbonyl (C=O) groups is 2. The fraction of sp³-hybridized carbons (Fsp3) is 0.259. The second-order valence-corrected chi connectivity index (χ2v) is 8.27. The lowest BCUT2D eigenvalue weighted by Crippen LogP contribution is -2.42. The minimum absolute atomic E-state index is 0.0114. The smallest absolute Gasteiger partial charge is 0.258 e. The van der Waals surface area contributed by atoms with Crippen LogP contribution in [0.5, 0.6) is 5.75 Å². The zero-order valence-electron chi connectivity index (χ0n) is 19.2. The van der Waals surface area contributed by atoms with Crippen molar-refractivity contribution in [2.75, 3.05) is 17.3 Å². The highest BCUT2D eigenvalue weighted by Crippen LogP contribution is 2.32. The van der Waals surface area contributed by atoms with E-state index >= 15 is 0 Å². The SMILES string of the molecule is CCC(=O)Nc1ccc(Cl)cc1.COc1ccc(C(=O)N2c3ccccc3CC[C@@H]2C)cc1. The van der Waals surface area contributed by atoms with Crippen molar-refractivity contribution in [3.8, 4) is 5.75 Å². The number of nitrogens with one attached hydrogen (secondary N) is 1. The third-order valence-corrected chi connectivity index (χ3v) is 5.78. The van der Waals surface area contributed by atoms with Crippen molar-refractivity contribution in [3.63, 3.8) is 0 Å². The number of ether oxygens (including phenoxy) is 1.